The van der Waals surface area contributed by atoms with E-state index in [-0.39, 0.29) is 18.4 Å². The molecule has 0 bridgehead atoms. The van der Waals surface area contributed by atoms with Crippen LogP contribution in [-0.2, 0) is 16.1 Å². The molecule has 6 heteroatoms. The topological polar surface area (TPSA) is 74.3 Å². The van der Waals surface area contributed by atoms with Gasteiger partial charge in [0.05, 0.1) is 12.7 Å². The SMILES string of the molecule is CC(=O)OCCn1cc(/C=C\C(=O)c2cc3ccccc3o2)cn1. The third-order valence-corrected chi connectivity index (χ3v) is 3.37. The first-order chi connectivity index (χ1) is 11.6. The van der Waals surface area contributed by atoms with Gasteiger partial charge in [0.25, 0.3) is 0 Å². The first kappa shape index (κ1) is 15.7. The molecule has 1 aromatic carbocycles. The molecular formula is C18H16N2O4. The van der Waals surface area contributed by atoms with Gasteiger partial charge in [0.15, 0.2) is 5.76 Å². The zero-order chi connectivity index (χ0) is 16.9. The van der Waals surface area contributed by atoms with Crippen LogP contribution in [0.25, 0.3) is 17.0 Å². The average molecular weight is 324 g/mol. The van der Waals surface area contributed by atoms with Gasteiger partial charge in [-0.15, -0.1) is 0 Å². The van der Waals surface area contributed by atoms with Crippen molar-refractivity contribution in [3.63, 3.8) is 0 Å². The largest absolute Gasteiger partial charge is 0.464 e. The molecule has 2 aromatic heterocycles. The molecule has 2 heterocycles. The van der Waals surface area contributed by atoms with Crippen LogP contribution < -0.4 is 0 Å². The van der Waals surface area contributed by atoms with Crippen molar-refractivity contribution in [3.05, 3.63) is 60.1 Å². The van der Waals surface area contributed by atoms with Crippen molar-refractivity contribution in [1.82, 2.24) is 9.78 Å². The van der Waals surface area contributed by atoms with Gasteiger partial charge >= 0.3 is 5.97 Å². The van der Waals surface area contributed by atoms with Gasteiger partial charge < -0.3 is 9.15 Å². The van der Waals surface area contributed by atoms with Crippen LogP contribution >= 0.6 is 0 Å². The highest BCUT2D eigenvalue weighted by Gasteiger charge is 2.09. The van der Waals surface area contributed by atoms with Gasteiger partial charge in [-0.25, -0.2) is 0 Å². The van der Waals surface area contributed by atoms with Gasteiger partial charge in [0.2, 0.25) is 5.78 Å². The number of carbonyl (C=O) groups excluding carboxylic acids is 2. The van der Waals surface area contributed by atoms with Crippen LogP contribution in [0.2, 0.25) is 0 Å². The van der Waals surface area contributed by atoms with E-state index >= 15 is 0 Å². The number of carbonyl (C=O) groups is 2. The van der Waals surface area contributed by atoms with Crippen LogP contribution in [0.3, 0.4) is 0 Å². The normalized spacial score (nSPS) is 11.2. The van der Waals surface area contributed by atoms with Gasteiger partial charge in [0, 0.05) is 24.1 Å². The summed E-state index contributed by atoms with van der Waals surface area (Å²) in [6.45, 7) is 2.09. The minimum absolute atomic E-state index is 0.209. The molecule has 0 radical (unpaired) electrons. The molecule has 3 rings (SSSR count). The Bertz CT molecular complexity index is 872. The number of hydrogen-bond donors (Lipinski definition) is 0. The molecule has 0 unspecified atom stereocenters. The molecule has 6 nitrogen and oxygen atoms in total. The van der Waals surface area contributed by atoms with Crippen molar-refractivity contribution < 1.29 is 18.7 Å². The summed E-state index contributed by atoms with van der Waals surface area (Å²) in [5.41, 5.74) is 1.47. The quantitative estimate of drug-likeness (QED) is 0.396. The van der Waals surface area contributed by atoms with Gasteiger partial charge in [-0.3, -0.25) is 14.3 Å². The Labute approximate surface area is 138 Å². The number of para-hydroxylation sites is 1. The van der Waals surface area contributed by atoms with Crippen molar-refractivity contribution in [1.29, 1.82) is 0 Å². The number of hydrogen-bond acceptors (Lipinski definition) is 5. The van der Waals surface area contributed by atoms with Crippen LogP contribution in [0, 0.1) is 0 Å². The second-order valence-electron chi connectivity index (χ2n) is 5.22. The smallest absolute Gasteiger partial charge is 0.302 e. The van der Waals surface area contributed by atoms with Crippen LogP contribution in [-0.4, -0.2) is 28.1 Å². The van der Waals surface area contributed by atoms with Crippen molar-refractivity contribution in [2.75, 3.05) is 6.61 Å². The van der Waals surface area contributed by atoms with E-state index < -0.39 is 0 Å². The van der Waals surface area contributed by atoms with Crippen LogP contribution in [0.1, 0.15) is 23.0 Å². The fourth-order valence-corrected chi connectivity index (χ4v) is 2.23. The molecule has 3 aromatic rings. The van der Waals surface area contributed by atoms with E-state index in [0.29, 0.717) is 17.9 Å². The Balaban J connectivity index is 1.63. The van der Waals surface area contributed by atoms with Gasteiger partial charge in [0.1, 0.15) is 12.2 Å². The molecule has 0 amide bonds. The first-order valence-electron chi connectivity index (χ1n) is 7.48. The monoisotopic (exact) mass is 324 g/mol. The summed E-state index contributed by atoms with van der Waals surface area (Å²) in [5.74, 6) is -0.229. The van der Waals surface area contributed by atoms with Crippen LogP contribution in [0.15, 0.2) is 53.2 Å². The molecule has 0 fully saturated rings. The molecule has 0 N–H and O–H groups in total. The molecule has 0 saturated heterocycles. The molecular weight excluding hydrogens is 308 g/mol. The zero-order valence-electron chi connectivity index (χ0n) is 13.1. The second-order valence-corrected chi connectivity index (χ2v) is 5.22. The minimum atomic E-state index is -0.321. The molecule has 0 aliphatic rings. The highest BCUT2D eigenvalue weighted by Crippen LogP contribution is 2.19. The Hall–Kier alpha value is -3.15. The fourth-order valence-electron chi connectivity index (χ4n) is 2.23. The van der Waals surface area contributed by atoms with E-state index in [2.05, 4.69) is 5.10 Å². The number of rotatable bonds is 6. The lowest BCUT2D eigenvalue weighted by Gasteiger charge is -2.01. The fraction of sp³-hybridized carbons (Fsp3) is 0.167. The predicted molar refractivity (Wildman–Crippen MR) is 88.4 cm³/mol. The number of ether oxygens (including phenoxy) is 1. The predicted octanol–water partition coefficient (Wildman–Crippen LogP) is 3.09. The third-order valence-electron chi connectivity index (χ3n) is 3.37. The Morgan fingerprint density at radius 2 is 2.17 bits per heavy atom. The lowest BCUT2D eigenvalue weighted by atomic mass is 10.2. The van der Waals surface area contributed by atoms with Crippen molar-refractivity contribution in [3.8, 4) is 0 Å². The van der Waals surface area contributed by atoms with Crippen molar-refractivity contribution >= 4 is 28.8 Å². The summed E-state index contributed by atoms with van der Waals surface area (Å²) >= 11 is 0. The number of allylic oxidation sites excluding steroid dienone is 1. The summed E-state index contributed by atoms with van der Waals surface area (Å²) in [6.07, 6.45) is 6.53. The van der Waals surface area contributed by atoms with E-state index in [0.717, 1.165) is 10.9 Å². The first-order valence-corrected chi connectivity index (χ1v) is 7.48. The van der Waals surface area contributed by atoms with E-state index in [1.165, 1.54) is 13.0 Å². The van der Waals surface area contributed by atoms with Crippen LogP contribution in [0.5, 0.6) is 0 Å². The maximum absolute atomic E-state index is 12.2. The Morgan fingerprint density at radius 3 is 2.96 bits per heavy atom. The number of furan rings is 1. The van der Waals surface area contributed by atoms with Gasteiger partial charge in [-0.1, -0.05) is 18.2 Å². The number of ketones is 1. The Kier molecular flexibility index (Phi) is 4.56. The molecule has 0 aliphatic carbocycles. The van der Waals surface area contributed by atoms with E-state index in [1.807, 2.05) is 24.3 Å². The summed E-state index contributed by atoms with van der Waals surface area (Å²) in [4.78, 5) is 22.9. The number of nitrogens with zero attached hydrogens (tertiary/aromatic N) is 2. The zero-order valence-corrected chi connectivity index (χ0v) is 13.1. The maximum Gasteiger partial charge on any atom is 0.302 e. The second kappa shape index (κ2) is 6.95. The lowest BCUT2D eigenvalue weighted by molar-refractivity contribution is -0.141. The molecule has 122 valence electrons. The maximum atomic E-state index is 12.2. The third kappa shape index (κ3) is 3.78. The number of benzene rings is 1. The number of esters is 1. The van der Waals surface area contributed by atoms with Gasteiger partial charge in [-0.05, 0) is 24.3 Å². The highest BCUT2D eigenvalue weighted by atomic mass is 16.5. The molecule has 0 spiro atoms. The summed E-state index contributed by atoms with van der Waals surface area (Å²) in [6, 6.07) is 9.20. The highest BCUT2D eigenvalue weighted by molar-refractivity contribution is 6.06. The van der Waals surface area contributed by atoms with Gasteiger partial charge in [-0.2, -0.15) is 5.10 Å². The minimum Gasteiger partial charge on any atom is -0.464 e. The van der Waals surface area contributed by atoms with E-state index in [4.69, 9.17) is 9.15 Å². The molecule has 24 heavy (non-hydrogen) atoms. The lowest BCUT2D eigenvalue weighted by Crippen LogP contribution is -2.08. The summed E-state index contributed by atoms with van der Waals surface area (Å²) in [5, 5.41) is 5.03. The number of aromatic nitrogens is 2. The summed E-state index contributed by atoms with van der Waals surface area (Å²) in [7, 11) is 0. The standard InChI is InChI=1S/C18H16N2O4/c1-13(21)23-9-8-20-12-14(11-19-20)6-7-16(22)18-10-15-4-2-3-5-17(15)24-18/h2-7,10-12H,8-9H2,1H3/b7-6-. The average Bonchev–Trinajstić information content (AvgIpc) is 3.18. The molecule has 0 aliphatic heterocycles. The number of fused-ring (bicyclic) bond motifs is 1. The van der Waals surface area contributed by atoms with Crippen molar-refractivity contribution in [2.45, 2.75) is 13.5 Å². The van der Waals surface area contributed by atoms with E-state index in [9.17, 15) is 9.59 Å². The Morgan fingerprint density at radius 1 is 1.33 bits per heavy atom. The van der Waals surface area contributed by atoms with Crippen LogP contribution in [0.4, 0.5) is 0 Å². The summed E-state index contributed by atoms with van der Waals surface area (Å²) < 4.78 is 12.0. The molecule has 0 atom stereocenters. The molecule has 0 saturated carbocycles. The van der Waals surface area contributed by atoms with E-state index in [1.54, 1.807) is 29.2 Å². The van der Waals surface area contributed by atoms with Crippen molar-refractivity contribution in [2.24, 2.45) is 0 Å².